The van der Waals surface area contributed by atoms with Crippen LogP contribution in [0.15, 0.2) is 48.8 Å². The number of fused-ring (bicyclic) bond motifs is 1. The smallest absolute Gasteiger partial charge is 0.229 e. The summed E-state index contributed by atoms with van der Waals surface area (Å²) in [7, 11) is 0. The van der Waals surface area contributed by atoms with E-state index in [1.165, 1.54) is 24.0 Å². The van der Waals surface area contributed by atoms with Crippen molar-refractivity contribution in [2.45, 2.75) is 52.0 Å². The van der Waals surface area contributed by atoms with Gasteiger partial charge in [0, 0.05) is 65.1 Å². The first-order valence-electron chi connectivity index (χ1n) is 13.9. The lowest BCUT2D eigenvalue weighted by Crippen LogP contribution is -2.57. The van der Waals surface area contributed by atoms with E-state index in [0.29, 0.717) is 19.7 Å². The number of para-hydroxylation sites is 1. The first-order chi connectivity index (χ1) is 18.0. The summed E-state index contributed by atoms with van der Waals surface area (Å²) in [6, 6.07) is 12.6. The number of piperidine rings is 1. The lowest BCUT2D eigenvalue weighted by molar-refractivity contribution is -0.149. The maximum Gasteiger partial charge on any atom is 0.229 e. The number of hydrogen-bond donors (Lipinski definition) is 0. The van der Waals surface area contributed by atoms with E-state index in [1.807, 2.05) is 18.5 Å². The second-order valence-corrected chi connectivity index (χ2v) is 11.2. The van der Waals surface area contributed by atoms with Crippen LogP contribution in [0, 0.1) is 11.3 Å². The molecule has 37 heavy (non-hydrogen) atoms. The van der Waals surface area contributed by atoms with Gasteiger partial charge in [-0.05, 0) is 60.8 Å². The van der Waals surface area contributed by atoms with Crippen LogP contribution in [-0.2, 0) is 22.6 Å². The Kier molecular flexibility index (Phi) is 8.08. The van der Waals surface area contributed by atoms with Crippen LogP contribution < -0.4 is 4.74 Å². The Labute approximate surface area is 220 Å². The number of rotatable bonds is 3. The standard InChI is InChI=1S/C30H40N4O3/c1-24(35)34-21-27(22-34)29(36)33-15-12-30(13-16-33)11-5-4-9-26-8-2-3-10-28(26)37-18-17-32(23-30)20-25-7-6-14-31-19-25/h2-3,6-8,10,14,19,27H,4-5,9,11-13,15-18,20-23H2,1H3. The summed E-state index contributed by atoms with van der Waals surface area (Å²) in [6.07, 6.45) is 10.4. The topological polar surface area (TPSA) is 66.0 Å². The van der Waals surface area contributed by atoms with Gasteiger partial charge in [-0.3, -0.25) is 19.5 Å². The number of nitrogens with zero attached hydrogens (tertiary/aromatic N) is 4. The summed E-state index contributed by atoms with van der Waals surface area (Å²) in [4.78, 5) is 35.3. The number of likely N-dealkylation sites (tertiary alicyclic amines) is 2. The van der Waals surface area contributed by atoms with Gasteiger partial charge in [0.1, 0.15) is 12.4 Å². The molecule has 1 spiro atoms. The van der Waals surface area contributed by atoms with E-state index in [1.54, 1.807) is 11.8 Å². The molecule has 0 radical (unpaired) electrons. The first-order valence-corrected chi connectivity index (χ1v) is 13.9. The quantitative estimate of drug-likeness (QED) is 0.637. The van der Waals surface area contributed by atoms with Gasteiger partial charge in [-0.1, -0.05) is 30.7 Å². The molecule has 7 heteroatoms. The molecule has 2 aromatic rings. The SMILES string of the molecule is CC(=O)N1CC(C(=O)N2CCC3(CCCCc4ccccc4OCCN(Cc4cccnc4)C3)CC2)C1. The van der Waals surface area contributed by atoms with Gasteiger partial charge in [0.25, 0.3) is 0 Å². The summed E-state index contributed by atoms with van der Waals surface area (Å²) < 4.78 is 6.29. The van der Waals surface area contributed by atoms with Gasteiger partial charge < -0.3 is 14.5 Å². The molecule has 4 heterocycles. The summed E-state index contributed by atoms with van der Waals surface area (Å²) in [5.41, 5.74) is 2.72. The molecule has 0 bridgehead atoms. The Hall–Kier alpha value is -2.93. The number of amides is 2. The number of ether oxygens (including phenoxy) is 1. The van der Waals surface area contributed by atoms with Crippen molar-refractivity contribution < 1.29 is 14.3 Å². The highest BCUT2D eigenvalue weighted by Gasteiger charge is 2.41. The number of carbonyl (C=O) groups is 2. The summed E-state index contributed by atoms with van der Waals surface area (Å²) in [5.74, 6) is 1.30. The zero-order valence-corrected chi connectivity index (χ0v) is 22.1. The van der Waals surface area contributed by atoms with E-state index in [4.69, 9.17) is 4.74 Å². The summed E-state index contributed by atoms with van der Waals surface area (Å²) >= 11 is 0. The minimum atomic E-state index is -0.0199. The molecule has 3 aliphatic heterocycles. The fourth-order valence-corrected chi connectivity index (χ4v) is 6.23. The zero-order chi connectivity index (χ0) is 25.7. The molecule has 1 aromatic heterocycles. The molecule has 2 amide bonds. The van der Waals surface area contributed by atoms with Crippen molar-refractivity contribution in [2.24, 2.45) is 11.3 Å². The van der Waals surface area contributed by atoms with Gasteiger partial charge >= 0.3 is 0 Å². The molecule has 2 fully saturated rings. The molecule has 0 atom stereocenters. The van der Waals surface area contributed by atoms with E-state index >= 15 is 0 Å². The van der Waals surface area contributed by atoms with Crippen LogP contribution in [0.1, 0.15) is 50.2 Å². The third-order valence-corrected chi connectivity index (χ3v) is 8.54. The molecule has 0 N–H and O–H groups in total. The minimum absolute atomic E-state index is 0.0199. The highest BCUT2D eigenvalue weighted by molar-refractivity contribution is 5.83. The van der Waals surface area contributed by atoms with Crippen molar-refractivity contribution in [1.29, 1.82) is 0 Å². The van der Waals surface area contributed by atoms with Gasteiger partial charge in [0.2, 0.25) is 11.8 Å². The normalized spacial score (nSPS) is 21.2. The van der Waals surface area contributed by atoms with Gasteiger partial charge in [-0.15, -0.1) is 0 Å². The van der Waals surface area contributed by atoms with Crippen molar-refractivity contribution in [1.82, 2.24) is 19.7 Å². The third-order valence-electron chi connectivity index (χ3n) is 8.54. The predicted octanol–water partition coefficient (Wildman–Crippen LogP) is 3.78. The maximum absolute atomic E-state index is 13.1. The lowest BCUT2D eigenvalue weighted by Gasteiger charge is -2.47. The van der Waals surface area contributed by atoms with Crippen molar-refractivity contribution in [3.63, 3.8) is 0 Å². The Balaban J connectivity index is 1.27. The first kappa shape index (κ1) is 25.7. The zero-order valence-electron chi connectivity index (χ0n) is 22.1. The third kappa shape index (κ3) is 6.32. The molecule has 0 unspecified atom stereocenters. The van der Waals surface area contributed by atoms with E-state index in [9.17, 15) is 9.59 Å². The van der Waals surface area contributed by atoms with Crippen LogP contribution in [0.2, 0.25) is 0 Å². The van der Waals surface area contributed by atoms with Crippen molar-refractivity contribution >= 4 is 11.8 Å². The number of hydrogen-bond acceptors (Lipinski definition) is 5. The molecule has 3 aliphatic rings. The van der Waals surface area contributed by atoms with E-state index in [-0.39, 0.29) is 23.1 Å². The highest BCUT2D eigenvalue weighted by Crippen LogP contribution is 2.39. The fraction of sp³-hybridized carbons (Fsp3) is 0.567. The van der Waals surface area contributed by atoms with Crippen LogP contribution >= 0.6 is 0 Å². The number of aryl methyl sites for hydroxylation is 1. The molecule has 0 aliphatic carbocycles. The lowest BCUT2D eigenvalue weighted by atomic mass is 9.73. The van der Waals surface area contributed by atoms with Crippen molar-refractivity contribution in [3.8, 4) is 5.75 Å². The average Bonchev–Trinajstić information content (AvgIpc) is 2.86. The Morgan fingerprint density at radius 2 is 1.81 bits per heavy atom. The number of pyridine rings is 1. The molecule has 198 valence electrons. The van der Waals surface area contributed by atoms with Crippen LogP contribution in [-0.4, -0.2) is 77.4 Å². The molecule has 1 aromatic carbocycles. The summed E-state index contributed by atoms with van der Waals surface area (Å²) in [6.45, 7) is 7.75. The second-order valence-electron chi connectivity index (χ2n) is 11.2. The van der Waals surface area contributed by atoms with Crippen LogP contribution in [0.3, 0.4) is 0 Å². The molecular weight excluding hydrogens is 464 g/mol. The highest BCUT2D eigenvalue weighted by atomic mass is 16.5. The fourth-order valence-electron chi connectivity index (χ4n) is 6.23. The van der Waals surface area contributed by atoms with Crippen LogP contribution in [0.25, 0.3) is 0 Å². The average molecular weight is 505 g/mol. The Bertz CT molecular complexity index is 1060. The largest absolute Gasteiger partial charge is 0.492 e. The molecular formula is C30H40N4O3. The van der Waals surface area contributed by atoms with E-state index in [2.05, 4.69) is 45.1 Å². The number of aromatic nitrogens is 1. The molecule has 5 rings (SSSR count). The van der Waals surface area contributed by atoms with Crippen molar-refractivity contribution in [2.75, 3.05) is 45.9 Å². The Morgan fingerprint density at radius 3 is 2.57 bits per heavy atom. The summed E-state index contributed by atoms with van der Waals surface area (Å²) in [5, 5.41) is 0. The molecule has 0 saturated carbocycles. The minimum Gasteiger partial charge on any atom is -0.492 e. The van der Waals surface area contributed by atoms with Crippen LogP contribution in [0.4, 0.5) is 0 Å². The van der Waals surface area contributed by atoms with E-state index in [0.717, 1.165) is 64.2 Å². The van der Waals surface area contributed by atoms with Gasteiger partial charge in [-0.2, -0.15) is 0 Å². The number of carbonyl (C=O) groups excluding carboxylic acids is 2. The molecule has 2 saturated heterocycles. The maximum atomic E-state index is 13.1. The number of benzene rings is 1. The Morgan fingerprint density at radius 1 is 1.00 bits per heavy atom. The monoisotopic (exact) mass is 504 g/mol. The van der Waals surface area contributed by atoms with E-state index < -0.39 is 0 Å². The van der Waals surface area contributed by atoms with Crippen molar-refractivity contribution in [3.05, 3.63) is 59.9 Å². The van der Waals surface area contributed by atoms with Gasteiger partial charge in [-0.25, -0.2) is 0 Å². The molecule has 7 nitrogen and oxygen atoms in total. The van der Waals surface area contributed by atoms with Gasteiger partial charge in [0.15, 0.2) is 0 Å². The predicted molar refractivity (Wildman–Crippen MR) is 143 cm³/mol. The second kappa shape index (κ2) is 11.6. The van der Waals surface area contributed by atoms with Crippen LogP contribution in [0.5, 0.6) is 5.75 Å². The van der Waals surface area contributed by atoms with Gasteiger partial charge in [0.05, 0.1) is 5.92 Å².